The van der Waals surface area contributed by atoms with Crippen LogP contribution in [0, 0.1) is 6.92 Å². The minimum atomic E-state index is -0.346. The minimum absolute atomic E-state index is 0.0550. The summed E-state index contributed by atoms with van der Waals surface area (Å²) in [6.45, 7) is 2.53. The van der Waals surface area contributed by atoms with E-state index in [1.54, 1.807) is 30.3 Å². The fourth-order valence-electron chi connectivity index (χ4n) is 4.50. The van der Waals surface area contributed by atoms with Crippen LogP contribution in [-0.4, -0.2) is 33.6 Å². The molecular formula is C29H26N4O5. The maximum absolute atomic E-state index is 13.0. The number of anilines is 1. The number of carbonyl (C=O) groups excluding carboxylic acids is 2. The third kappa shape index (κ3) is 4.78. The lowest BCUT2D eigenvalue weighted by Crippen LogP contribution is -2.30. The van der Waals surface area contributed by atoms with Crippen LogP contribution in [0.5, 0.6) is 17.2 Å². The molecule has 0 unspecified atom stereocenters. The van der Waals surface area contributed by atoms with Gasteiger partial charge in [0.15, 0.2) is 11.5 Å². The number of phenols is 1. The molecule has 1 saturated carbocycles. The number of hydrogen-bond donors (Lipinski definition) is 3. The molecule has 1 fully saturated rings. The molecule has 3 N–H and O–H groups in total. The lowest BCUT2D eigenvalue weighted by atomic mass is 10.1. The second-order valence-corrected chi connectivity index (χ2v) is 9.54. The summed E-state index contributed by atoms with van der Waals surface area (Å²) in [6.07, 6.45) is 1.99. The molecule has 2 heterocycles. The predicted octanol–water partition coefficient (Wildman–Crippen LogP) is 5.18. The summed E-state index contributed by atoms with van der Waals surface area (Å²) < 4.78 is 12.0. The highest BCUT2D eigenvalue weighted by Gasteiger charge is 2.31. The normalized spacial score (nSPS) is 13.8. The Bertz CT molecular complexity index is 1560. The van der Waals surface area contributed by atoms with Gasteiger partial charge in [0.1, 0.15) is 5.75 Å². The molecule has 0 saturated heterocycles. The van der Waals surface area contributed by atoms with Crippen molar-refractivity contribution in [2.75, 3.05) is 12.1 Å². The van der Waals surface area contributed by atoms with E-state index in [1.807, 2.05) is 37.3 Å². The summed E-state index contributed by atoms with van der Waals surface area (Å²) in [4.78, 5) is 25.7. The number of amides is 2. The molecule has 4 aromatic rings. The Hall–Kier alpha value is -4.79. The second-order valence-electron chi connectivity index (χ2n) is 9.54. The zero-order valence-corrected chi connectivity index (χ0v) is 20.7. The first kappa shape index (κ1) is 23.6. The van der Waals surface area contributed by atoms with E-state index in [0.29, 0.717) is 40.6 Å². The molecule has 3 aromatic carbocycles. The highest BCUT2D eigenvalue weighted by molar-refractivity contribution is 6.05. The number of aromatic nitrogens is 2. The molecule has 0 bridgehead atoms. The van der Waals surface area contributed by atoms with Gasteiger partial charge in [-0.15, -0.1) is 0 Å². The van der Waals surface area contributed by atoms with Crippen LogP contribution < -0.4 is 20.1 Å². The topological polar surface area (TPSA) is 115 Å². The van der Waals surface area contributed by atoms with Gasteiger partial charge in [-0.3, -0.25) is 4.79 Å². The number of benzene rings is 3. The molecule has 1 aliphatic heterocycles. The smallest absolute Gasteiger partial charge is 0.342 e. The average Bonchev–Trinajstić information content (AvgIpc) is 3.48. The SMILES string of the molecule is Cc1cccc(CNC(=O)n2nc(-c3ccc(NC(=O)c4ccc5c(c4)OCO5)cc3O)cc2C2CC2)c1. The van der Waals surface area contributed by atoms with E-state index in [0.717, 1.165) is 29.7 Å². The Labute approximate surface area is 219 Å². The number of phenolic OH excluding ortho intramolecular Hbond substituents is 1. The molecule has 192 valence electrons. The zero-order chi connectivity index (χ0) is 26.2. The van der Waals surface area contributed by atoms with Crippen LogP contribution in [0.15, 0.2) is 66.7 Å². The molecule has 2 amide bonds. The number of aromatic hydroxyl groups is 1. The van der Waals surface area contributed by atoms with Gasteiger partial charge < -0.3 is 25.2 Å². The van der Waals surface area contributed by atoms with Crippen LogP contribution in [-0.2, 0) is 6.54 Å². The van der Waals surface area contributed by atoms with E-state index in [9.17, 15) is 14.7 Å². The van der Waals surface area contributed by atoms with E-state index in [1.165, 1.54) is 10.7 Å². The zero-order valence-electron chi connectivity index (χ0n) is 20.7. The molecular weight excluding hydrogens is 484 g/mol. The summed E-state index contributed by atoms with van der Waals surface area (Å²) >= 11 is 0. The van der Waals surface area contributed by atoms with Crippen LogP contribution in [0.2, 0.25) is 0 Å². The second kappa shape index (κ2) is 9.59. The Morgan fingerprint density at radius 1 is 1.03 bits per heavy atom. The lowest BCUT2D eigenvalue weighted by molar-refractivity contribution is 0.102. The van der Waals surface area contributed by atoms with E-state index in [4.69, 9.17) is 9.47 Å². The average molecular weight is 511 g/mol. The standard InChI is InChI=1S/C29H26N4O5/c1-17-3-2-4-18(11-17)15-30-29(36)33-24(19-5-6-19)14-23(32-33)22-9-8-21(13-25(22)34)31-28(35)20-7-10-26-27(12-20)38-16-37-26/h2-4,7-14,19,34H,5-6,15-16H2,1H3,(H,30,36)(H,31,35). The number of aryl methyl sites for hydroxylation is 1. The van der Waals surface area contributed by atoms with Crippen molar-refractivity contribution in [3.63, 3.8) is 0 Å². The molecule has 38 heavy (non-hydrogen) atoms. The molecule has 1 aliphatic carbocycles. The summed E-state index contributed by atoms with van der Waals surface area (Å²) in [5.74, 6) is 0.975. The van der Waals surface area contributed by atoms with Crippen LogP contribution in [0.3, 0.4) is 0 Å². The van der Waals surface area contributed by atoms with Gasteiger partial charge in [-0.1, -0.05) is 29.8 Å². The van der Waals surface area contributed by atoms with Crippen molar-refractivity contribution >= 4 is 17.6 Å². The van der Waals surface area contributed by atoms with E-state index in [-0.39, 0.29) is 30.4 Å². The van der Waals surface area contributed by atoms with Crippen LogP contribution in [0.4, 0.5) is 10.5 Å². The van der Waals surface area contributed by atoms with Gasteiger partial charge >= 0.3 is 6.03 Å². The molecule has 2 aliphatic rings. The molecule has 6 rings (SSSR count). The molecule has 9 nitrogen and oxygen atoms in total. The summed E-state index contributed by atoms with van der Waals surface area (Å²) in [7, 11) is 0. The monoisotopic (exact) mass is 510 g/mol. The lowest BCUT2D eigenvalue weighted by Gasteiger charge is -2.09. The largest absolute Gasteiger partial charge is 0.507 e. The molecule has 9 heteroatoms. The third-order valence-electron chi connectivity index (χ3n) is 6.62. The molecule has 0 spiro atoms. The van der Waals surface area contributed by atoms with Crippen LogP contribution in [0.25, 0.3) is 11.3 Å². The molecule has 0 atom stereocenters. The number of nitrogens with zero attached hydrogens (tertiary/aromatic N) is 2. The number of carbonyl (C=O) groups is 2. The fourth-order valence-corrected chi connectivity index (χ4v) is 4.50. The quantitative estimate of drug-likeness (QED) is 0.329. The predicted molar refractivity (Wildman–Crippen MR) is 141 cm³/mol. The van der Waals surface area contributed by atoms with Crippen molar-refractivity contribution in [3.05, 3.63) is 89.1 Å². The van der Waals surface area contributed by atoms with Gasteiger partial charge in [0.25, 0.3) is 5.91 Å². The Balaban J connectivity index is 1.19. The van der Waals surface area contributed by atoms with Crippen molar-refractivity contribution in [1.29, 1.82) is 0 Å². The Morgan fingerprint density at radius 3 is 2.66 bits per heavy atom. The first-order chi connectivity index (χ1) is 18.4. The fraction of sp³-hybridized carbons (Fsp3) is 0.207. The number of fused-ring (bicyclic) bond motifs is 1. The number of rotatable bonds is 6. The Morgan fingerprint density at radius 2 is 1.87 bits per heavy atom. The number of nitrogens with one attached hydrogen (secondary N) is 2. The van der Waals surface area contributed by atoms with Crippen LogP contribution in [0.1, 0.15) is 45.9 Å². The highest BCUT2D eigenvalue weighted by Crippen LogP contribution is 2.42. The maximum Gasteiger partial charge on any atom is 0.342 e. The minimum Gasteiger partial charge on any atom is -0.507 e. The first-order valence-corrected chi connectivity index (χ1v) is 12.4. The van der Waals surface area contributed by atoms with Gasteiger partial charge in [-0.05, 0) is 61.7 Å². The van der Waals surface area contributed by atoms with E-state index in [2.05, 4.69) is 15.7 Å². The van der Waals surface area contributed by atoms with Crippen molar-refractivity contribution in [1.82, 2.24) is 15.1 Å². The summed E-state index contributed by atoms with van der Waals surface area (Å²) in [5.41, 5.74) is 4.75. The van der Waals surface area contributed by atoms with Crippen molar-refractivity contribution in [2.45, 2.75) is 32.2 Å². The van der Waals surface area contributed by atoms with E-state index >= 15 is 0 Å². The molecule has 1 aromatic heterocycles. The third-order valence-corrected chi connectivity index (χ3v) is 6.62. The van der Waals surface area contributed by atoms with Crippen molar-refractivity contribution < 1.29 is 24.2 Å². The van der Waals surface area contributed by atoms with Crippen molar-refractivity contribution in [2.24, 2.45) is 0 Å². The van der Waals surface area contributed by atoms with Gasteiger partial charge in [0, 0.05) is 35.3 Å². The summed E-state index contributed by atoms with van der Waals surface area (Å²) in [6, 6.07) is 19.3. The van der Waals surface area contributed by atoms with Crippen LogP contribution >= 0.6 is 0 Å². The van der Waals surface area contributed by atoms with Gasteiger partial charge in [0.05, 0.1) is 11.4 Å². The Kier molecular flexibility index (Phi) is 5.95. The molecule has 0 radical (unpaired) electrons. The van der Waals surface area contributed by atoms with Gasteiger partial charge in [0.2, 0.25) is 6.79 Å². The van der Waals surface area contributed by atoms with Crippen molar-refractivity contribution in [3.8, 4) is 28.5 Å². The number of ether oxygens (including phenoxy) is 2. The van der Waals surface area contributed by atoms with Gasteiger partial charge in [-0.25, -0.2) is 4.79 Å². The highest BCUT2D eigenvalue weighted by atomic mass is 16.7. The van der Waals surface area contributed by atoms with Gasteiger partial charge in [-0.2, -0.15) is 9.78 Å². The first-order valence-electron chi connectivity index (χ1n) is 12.4. The maximum atomic E-state index is 13.0. The van der Waals surface area contributed by atoms with E-state index < -0.39 is 0 Å². The summed E-state index contributed by atoms with van der Waals surface area (Å²) in [5, 5.41) is 21.0. The number of hydrogen-bond acceptors (Lipinski definition) is 6.